The Morgan fingerprint density at radius 1 is 1.16 bits per heavy atom. The van der Waals surface area contributed by atoms with Gasteiger partial charge in [-0.15, -0.1) is 0 Å². The van der Waals surface area contributed by atoms with E-state index >= 15 is 0 Å². The van der Waals surface area contributed by atoms with E-state index in [4.69, 9.17) is 9.73 Å². The van der Waals surface area contributed by atoms with Crippen LogP contribution in [0.5, 0.6) is 5.75 Å². The number of guanidine groups is 1. The standard InChI is InChI=1S/C34H44FN5O3/c1-21-27-16-23(33(27,2)3)17-29(21)38-32(39-14-11-34(4,42)12-15-39)37-24-7-9-26-30(18-24)36-20-40(31(26)41)13-10-22-6-8-25(43-5)19-28(22)35/h6-9,18-21,23,27,29,42H,10-17H2,1-5H3,(H,37,38)/t21-,23-,27+,29?/m0/s1. The summed E-state index contributed by atoms with van der Waals surface area (Å²) in [4.78, 5) is 25.5. The van der Waals surface area contributed by atoms with Gasteiger partial charge in [0.2, 0.25) is 0 Å². The van der Waals surface area contributed by atoms with Crippen molar-refractivity contribution in [3.63, 3.8) is 0 Å². The van der Waals surface area contributed by atoms with Gasteiger partial charge in [0.15, 0.2) is 5.96 Å². The highest BCUT2D eigenvalue weighted by Crippen LogP contribution is 2.61. The van der Waals surface area contributed by atoms with Crippen molar-refractivity contribution < 1.29 is 14.2 Å². The van der Waals surface area contributed by atoms with Gasteiger partial charge in [0.1, 0.15) is 11.6 Å². The van der Waals surface area contributed by atoms with Crippen LogP contribution in [0.1, 0.15) is 58.9 Å². The van der Waals surface area contributed by atoms with Crippen LogP contribution in [0.15, 0.2) is 52.5 Å². The lowest BCUT2D eigenvalue weighted by molar-refractivity contribution is -0.108. The van der Waals surface area contributed by atoms with Gasteiger partial charge in [0, 0.05) is 31.4 Å². The fraction of sp³-hybridized carbons (Fsp3) is 0.559. The van der Waals surface area contributed by atoms with Gasteiger partial charge in [-0.3, -0.25) is 9.36 Å². The van der Waals surface area contributed by atoms with Gasteiger partial charge < -0.3 is 20.1 Å². The maximum Gasteiger partial charge on any atom is 0.261 e. The summed E-state index contributed by atoms with van der Waals surface area (Å²) in [6.45, 7) is 10.8. The van der Waals surface area contributed by atoms with Crippen LogP contribution in [0.4, 0.5) is 10.1 Å². The lowest BCUT2D eigenvalue weighted by atomic mass is 9.45. The van der Waals surface area contributed by atoms with Crippen molar-refractivity contribution >= 4 is 22.5 Å². The molecular weight excluding hydrogens is 545 g/mol. The van der Waals surface area contributed by atoms with E-state index in [1.807, 2.05) is 19.1 Å². The average Bonchev–Trinajstić information content (AvgIpc) is 2.97. The Labute approximate surface area is 253 Å². The van der Waals surface area contributed by atoms with Crippen molar-refractivity contribution in [2.24, 2.45) is 28.2 Å². The van der Waals surface area contributed by atoms with Crippen LogP contribution in [0.25, 0.3) is 10.9 Å². The fourth-order valence-corrected chi connectivity index (χ4v) is 7.47. The Morgan fingerprint density at radius 2 is 1.93 bits per heavy atom. The van der Waals surface area contributed by atoms with Crippen LogP contribution >= 0.6 is 0 Å². The molecule has 3 aromatic rings. The van der Waals surface area contributed by atoms with E-state index in [0.717, 1.165) is 31.2 Å². The van der Waals surface area contributed by atoms with Crippen LogP contribution in [-0.2, 0) is 13.0 Å². The van der Waals surface area contributed by atoms with Gasteiger partial charge in [0.25, 0.3) is 5.56 Å². The summed E-state index contributed by atoms with van der Waals surface area (Å²) in [6.07, 6.45) is 5.68. The minimum Gasteiger partial charge on any atom is -0.497 e. The Hall–Kier alpha value is -3.46. The molecular formula is C34H44FN5O3. The summed E-state index contributed by atoms with van der Waals surface area (Å²) < 4.78 is 21.0. The van der Waals surface area contributed by atoms with E-state index in [9.17, 15) is 14.3 Å². The molecule has 230 valence electrons. The molecule has 43 heavy (non-hydrogen) atoms. The minimum atomic E-state index is -0.655. The topological polar surface area (TPSA) is 92.0 Å². The molecule has 7 rings (SSSR count). The summed E-state index contributed by atoms with van der Waals surface area (Å²) in [7, 11) is 1.50. The summed E-state index contributed by atoms with van der Waals surface area (Å²) in [5, 5.41) is 14.7. The molecule has 1 unspecified atom stereocenters. The number of aliphatic hydroxyl groups is 1. The molecule has 2 N–H and O–H groups in total. The van der Waals surface area contributed by atoms with Gasteiger partial charge >= 0.3 is 0 Å². The predicted molar refractivity (Wildman–Crippen MR) is 168 cm³/mol. The largest absolute Gasteiger partial charge is 0.497 e. The summed E-state index contributed by atoms with van der Waals surface area (Å²) in [5.74, 6) is 2.85. The van der Waals surface area contributed by atoms with Gasteiger partial charge in [-0.05, 0) is 92.0 Å². The third-order valence-electron chi connectivity index (χ3n) is 10.7. The Balaban J connectivity index is 1.22. The maximum absolute atomic E-state index is 14.4. The first kappa shape index (κ1) is 29.6. The number of aliphatic imine (C=N–C) groups is 1. The van der Waals surface area contributed by atoms with Crippen LogP contribution in [0, 0.1) is 29.0 Å². The van der Waals surface area contributed by atoms with Crippen LogP contribution in [0.2, 0.25) is 0 Å². The first-order valence-electron chi connectivity index (χ1n) is 15.6. The number of rotatable bonds is 6. The lowest BCUT2D eigenvalue weighted by Crippen LogP contribution is -2.57. The quantitative estimate of drug-likeness (QED) is 0.293. The molecule has 0 amide bonds. The van der Waals surface area contributed by atoms with E-state index < -0.39 is 5.60 Å². The van der Waals surface area contributed by atoms with E-state index in [1.54, 1.807) is 18.2 Å². The molecule has 4 atom stereocenters. The predicted octanol–water partition coefficient (Wildman–Crippen LogP) is 5.47. The lowest BCUT2D eigenvalue weighted by Gasteiger charge is -2.61. The molecule has 1 aromatic heterocycles. The number of ether oxygens (including phenoxy) is 1. The average molecular weight is 590 g/mol. The Kier molecular flexibility index (Phi) is 7.73. The van der Waals surface area contributed by atoms with Gasteiger partial charge in [0.05, 0.1) is 36.0 Å². The summed E-state index contributed by atoms with van der Waals surface area (Å²) >= 11 is 0. The molecule has 3 aliphatic carbocycles. The van der Waals surface area contributed by atoms with Crippen molar-refractivity contribution in [2.45, 2.75) is 78.0 Å². The zero-order valence-electron chi connectivity index (χ0n) is 25.9. The molecule has 2 bridgehead atoms. The number of aromatic nitrogens is 2. The Morgan fingerprint density at radius 3 is 2.60 bits per heavy atom. The van der Waals surface area contributed by atoms with Crippen molar-refractivity contribution in [1.29, 1.82) is 0 Å². The van der Waals surface area contributed by atoms with Crippen LogP contribution < -0.4 is 15.6 Å². The number of hydrogen-bond acceptors (Lipinski definition) is 5. The second-order valence-corrected chi connectivity index (χ2v) is 13.8. The van der Waals surface area contributed by atoms with E-state index in [0.29, 0.717) is 71.2 Å². The number of methoxy groups -OCH3 is 1. The third-order valence-corrected chi connectivity index (χ3v) is 10.7. The molecule has 0 spiro atoms. The molecule has 4 fully saturated rings. The third kappa shape index (κ3) is 5.76. The molecule has 2 aromatic carbocycles. The molecule has 1 saturated heterocycles. The van der Waals surface area contributed by atoms with Gasteiger partial charge in [-0.25, -0.2) is 14.4 Å². The highest BCUT2D eigenvalue weighted by Gasteiger charge is 2.56. The smallest absolute Gasteiger partial charge is 0.261 e. The number of nitrogens with one attached hydrogen (secondary N) is 1. The monoisotopic (exact) mass is 589 g/mol. The first-order valence-corrected chi connectivity index (χ1v) is 15.6. The molecule has 9 heteroatoms. The first-order chi connectivity index (χ1) is 20.4. The zero-order valence-corrected chi connectivity index (χ0v) is 25.9. The van der Waals surface area contributed by atoms with E-state index in [1.165, 1.54) is 30.5 Å². The van der Waals surface area contributed by atoms with Crippen molar-refractivity contribution in [3.05, 3.63) is 64.5 Å². The molecule has 8 nitrogen and oxygen atoms in total. The Bertz CT molecular complexity index is 1590. The number of anilines is 1. The fourth-order valence-electron chi connectivity index (χ4n) is 7.47. The number of halogens is 1. The number of fused-ring (bicyclic) bond motifs is 3. The van der Waals surface area contributed by atoms with Crippen molar-refractivity contribution in [3.8, 4) is 5.75 Å². The van der Waals surface area contributed by atoms with Crippen molar-refractivity contribution in [2.75, 3.05) is 25.5 Å². The minimum absolute atomic E-state index is 0.157. The molecule has 0 radical (unpaired) electrons. The summed E-state index contributed by atoms with van der Waals surface area (Å²) in [5.41, 5.74) is 1.52. The molecule has 2 heterocycles. The van der Waals surface area contributed by atoms with Gasteiger partial charge in [-0.2, -0.15) is 0 Å². The molecule has 1 aliphatic heterocycles. The van der Waals surface area contributed by atoms with Crippen molar-refractivity contribution in [1.82, 2.24) is 14.5 Å². The highest BCUT2D eigenvalue weighted by molar-refractivity contribution is 5.96. The van der Waals surface area contributed by atoms with Crippen LogP contribution in [0.3, 0.4) is 0 Å². The highest BCUT2D eigenvalue weighted by atomic mass is 19.1. The number of benzene rings is 2. The number of likely N-dealkylation sites (tertiary alicyclic amines) is 1. The number of aryl methyl sites for hydroxylation is 2. The second kappa shape index (κ2) is 11.2. The number of piperidine rings is 1. The zero-order chi connectivity index (χ0) is 30.5. The SMILES string of the molecule is COc1ccc(CCn2cnc3cc(N/C(=N/C4C[C@@H]5C[C@H]([C@@H]4C)C5(C)C)N4CCC(C)(O)CC4)ccc3c2=O)c(F)c1. The summed E-state index contributed by atoms with van der Waals surface area (Å²) in [6, 6.07) is 10.6. The molecule has 3 saturated carbocycles. The molecule has 4 aliphatic rings. The maximum atomic E-state index is 14.4. The number of nitrogens with zero attached hydrogens (tertiary/aromatic N) is 4. The van der Waals surface area contributed by atoms with E-state index in [2.05, 4.69) is 36.0 Å². The second-order valence-electron chi connectivity index (χ2n) is 13.8. The normalized spacial score (nSPS) is 26.2. The number of hydrogen-bond donors (Lipinski definition) is 2. The van der Waals surface area contributed by atoms with E-state index in [-0.39, 0.29) is 17.4 Å². The van der Waals surface area contributed by atoms with Crippen LogP contribution in [-0.4, -0.2) is 57.4 Å². The van der Waals surface area contributed by atoms with Gasteiger partial charge in [-0.1, -0.05) is 26.8 Å².